The summed E-state index contributed by atoms with van der Waals surface area (Å²) in [6.45, 7) is 2.69. The molecule has 1 heterocycles. The molecule has 0 unspecified atom stereocenters. The van der Waals surface area contributed by atoms with Gasteiger partial charge in [0.05, 0.1) is 40.6 Å². The number of amides is 2. The van der Waals surface area contributed by atoms with E-state index in [9.17, 15) is 9.59 Å². The Morgan fingerprint density at radius 2 is 0.800 bits per heavy atom. The largest absolute Gasteiger partial charge is 0.497 e. The molecular weight excluding hydrogens is 763 g/mol. The second-order valence-electron chi connectivity index (χ2n) is 14.6. The lowest BCUT2D eigenvalue weighted by Gasteiger charge is -2.23. The highest BCUT2D eigenvalue weighted by Gasteiger charge is 2.18. The number of rotatable bonds is 22. The lowest BCUT2D eigenvalue weighted by atomic mass is 10.1. The minimum atomic E-state index is -0.433. The van der Waals surface area contributed by atoms with E-state index in [0.29, 0.717) is 26.2 Å². The van der Waals surface area contributed by atoms with Crippen molar-refractivity contribution in [2.75, 3.05) is 78.6 Å². The van der Waals surface area contributed by atoms with Gasteiger partial charge in [-0.1, -0.05) is 48.5 Å². The molecule has 0 fully saturated rings. The summed E-state index contributed by atoms with van der Waals surface area (Å²) in [7, 11) is 11.2. The summed E-state index contributed by atoms with van der Waals surface area (Å²) in [6, 6.07) is 33.4. The van der Waals surface area contributed by atoms with Crippen LogP contribution in [0.15, 0.2) is 116 Å². The molecule has 5 aromatic rings. The summed E-state index contributed by atoms with van der Waals surface area (Å²) >= 11 is 0. The highest BCUT2D eigenvalue weighted by atomic mass is 16.6. The van der Waals surface area contributed by atoms with Gasteiger partial charge < -0.3 is 38.2 Å². The molecular formula is C47H57N5O8. The van der Waals surface area contributed by atoms with Gasteiger partial charge in [0.2, 0.25) is 0 Å². The van der Waals surface area contributed by atoms with E-state index in [-0.39, 0.29) is 39.6 Å². The first kappa shape index (κ1) is 44.8. The minimum Gasteiger partial charge on any atom is -0.497 e. The molecule has 2 amide bonds. The van der Waals surface area contributed by atoms with Crippen molar-refractivity contribution in [3.05, 3.63) is 149 Å². The fraction of sp³-hybridized carbons (Fsp3) is 0.340. The molecule has 0 radical (unpaired) electrons. The van der Waals surface area contributed by atoms with Gasteiger partial charge in [-0.05, 0) is 88.0 Å². The van der Waals surface area contributed by atoms with Gasteiger partial charge in [-0.15, -0.1) is 0 Å². The number of anilines is 2. The Hall–Kier alpha value is -6.31. The van der Waals surface area contributed by atoms with Crippen LogP contribution in [0.2, 0.25) is 0 Å². The summed E-state index contributed by atoms with van der Waals surface area (Å²) in [6.07, 6.45) is 2.58. The molecule has 0 N–H and O–H groups in total. The summed E-state index contributed by atoms with van der Waals surface area (Å²) in [5, 5.41) is 0. The van der Waals surface area contributed by atoms with Crippen molar-refractivity contribution < 1.29 is 38.0 Å². The molecule has 0 aliphatic carbocycles. The van der Waals surface area contributed by atoms with Gasteiger partial charge in [0, 0.05) is 78.1 Å². The molecule has 13 heteroatoms. The molecule has 1 aromatic heterocycles. The van der Waals surface area contributed by atoms with Crippen molar-refractivity contribution in [2.45, 2.75) is 39.4 Å². The SMILES string of the molecule is COc1ccc(CN(Cc2ccc(N(C)C)cc2)C(=O)OCCOCc2cncc(COCCOC(=O)N(Cc3ccc(OC)cc3)Cc3ccc(N(C)C)cc3)c2)cc1. The maximum Gasteiger partial charge on any atom is 0.410 e. The fourth-order valence-electron chi connectivity index (χ4n) is 6.15. The first-order valence-corrected chi connectivity index (χ1v) is 19.8. The Balaban J connectivity index is 1.05. The average Bonchev–Trinajstić information content (AvgIpc) is 3.26. The van der Waals surface area contributed by atoms with Crippen molar-refractivity contribution in [1.82, 2.24) is 14.8 Å². The van der Waals surface area contributed by atoms with Gasteiger partial charge in [0.15, 0.2) is 0 Å². The van der Waals surface area contributed by atoms with E-state index in [1.54, 1.807) is 36.4 Å². The molecule has 0 aliphatic heterocycles. The Bertz CT molecular complexity index is 1900. The molecule has 0 bridgehead atoms. The van der Waals surface area contributed by atoms with Crippen LogP contribution < -0.4 is 19.3 Å². The Morgan fingerprint density at radius 1 is 0.467 bits per heavy atom. The summed E-state index contributed by atoms with van der Waals surface area (Å²) in [5.74, 6) is 1.50. The molecule has 318 valence electrons. The lowest BCUT2D eigenvalue weighted by molar-refractivity contribution is 0.0451. The second-order valence-corrected chi connectivity index (χ2v) is 14.6. The van der Waals surface area contributed by atoms with E-state index >= 15 is 0 Å². The monoisotopic (exact) mass is 819 g/mol. The van der Waals surface area contributed by atoms with Gasteiger partial charge in [0.1, 0.15) is 24.7 Å². The highest BCUT2D eigenvalue weighted by Crippen LogP contribution is 2.20. The number of hydrogen-bond acceptors (Lipinski definition) is 11. The van der Waals surface area contributed by atoms with Crippen LogP contribution in [0.25, 0.3) is 0 Å². The lowest BCUT2D eigenvalue weighted by Crippen LogP contribution is -2.31. The van der Waals surface area contributed by atoms with Crippen molar-refractivity contribution in [2.24, 2.45) is 0 Å². The second kappa shape index (κ2) is 23.3. The summed E-state index contributed by atoms with van der Waals surface area (Å²) < 4.78 is 33.6. The van der Waals surface area contributed by atoms with E-state index < -0.39 is 12.2 Å². The topological polar surface area (TPSA) is 115 Å². The maximum atomic E-state index is 13.3. The Labute approximate surface area is 353 Å². The number of aromatic nitrogens is 1. The van der Waals surface area contributed by atoms with E-state index in [1.807, 2.05) is 141 Å². The normalized spacial score (nSPS) is 10.8. The number of methoxy groups -OCH3 is 2. The number of nitrogens with zero attached hydrogens (tertiary/aromatic N) is 5. The quantitative estimate of drug-likeness (QED) is 0.0634. The average molecular weight is 820 g/mol. The predicted molar refractivity (Wildman–Crippen MR) is 232 cm³/mol. The van der Waals surface area contributed by atoms with Crippen molar-refractivity contribution in [3.63, 3.8) is 0 Å². The molecule has 13 nitrogen and oxygen atoms in total. The van der Waals surface area contributed by atoms with Gasteiger partial charge >= 0.3 is 12.2 Å². The van der Waals surface area contributed by atoms with Crippen LogP contribution in [0.3, 0.4) is 0 Å². The highest BCUT2D eigenvalue weighted by molar-refractivity contribution is 5.68. The zero-order chi connectivity index (χ0) is 42.7. The number of carbonyl (C=O) groups excluding carboxylic acids is 2. The van der Waals surface area contributed by atoms with Crippen molar-refractivity contribution in [1.29, 1.82) is 0 Å². The number of pyridine rings is 1. The van der Waals surface area contributed by atoms with E-state index in [4.69, 9.17) is 28.4 Å². The van der Waals surface area contributed by atoms with E-state index in [0.717, 1.165) is 56.3 Å². The van der Waals surface area contributed by atoms with Crippen LogP contribution in [0.4, 0.5) is 21.0 Å². The molecule has 0 saturated heterocycles. The molecule has 60 heavy (non-hydrogen) atoms. The third-order valence-electron chi connectivity index (χ3n) is 9.53. The number of carbonyl (C=O) groups is 2. The predicted octanol–water partition coefficient (Wildman–Crippen LogP) is 7.94. The Morgan fingerprint density at radius 3 is 1.12 bits per heavy atom. The summed E-state index contributed by atoms with van der Waals surface area (Å²) in [5.41, 5.74) is 7.75. The minimum absolute atomic E-state index is 0.0900. The van der Waals surface area contributed by atoms with Crippen LogP contribution in [-0.2, 0) is 58.3 Å². The van der Waals surface area contributed by atoms with E-state index in [2.05, 4.69) is 4.98 Å². The van der Waals surface area contributed by atoms with Gasteiger partial charge in [0.25, 0.3) is 0 Å². The van der Waals surface area contributed by atoms with Crippen molar-refractivity contribution in [3.8, 4) is 11.5 Å². The smallest absolute Gasteiger partial charge is 0.410 e. The molecule has 4 aromatic carbocycles. The first-order valence-electron chi connectivity index (χ1n) is 19.8. The number of hydrogen-bond donors (Lipinski definition) is 0. The standard InChI is InChI=1S/C47H57N5O8/c1-49(2)42-15-7-36(8-16-42)30-51(32-38-11-19-44(55-5)20-12-38)46(53)59-25-23-57-34-40-27-41(29-48-28-40)35-58-24-26-60-47(54)52(33-39-13-21-45(56-6)22-14-39)31-37-9-17-43(18-10-37)50(3)4/h7-22,27-29H,23-26,30-35H2,1-6H3. The third kappa shape index (κ3) is 14.5. The van der Waals surface area contributed by atoms with E-state index in [1.165, 1.54) is 0 Å². The molecule has 0 aliphatic rings. The van der Waals surface area contributed by atoms with Crippen LogP contribution in [0, 0.1) is 0 Å². The molecule has 0 spiro atoms. The molecule has 0 saturated carbocycles. The third-order valence-corrected chi connectivity index (χ3v) is 9.53. The zero-order valence-corrected chi connectivity index (χ0v) is 35.5. The molecule has 0 atom stereocenters. The maximum absolute atomic E-state index is 13.3. The van der Waals surface area contributed by atoms with Crippen LogP contribution in [-0.4, -0.2) is 95.8 Å². The Kier molecular flexibility index (Phi) is 17.4. The first-order chi connectivity index (χ1) is 29.1. The van der Waals surface area contributed by atoms with Crippen LogP contribution in [0.5, 0.6) is 11.5 Å². The van der Waals surface area contributed by atoms with Crippen LogP contribution in [0.1, 0.15) is 33.4 Å². The van der Waals surface area contributed by atoms with Gasteiger partial charge in [-0.25, -0.2) is 9.59 Å². The van der Waals surface area contributed by atoms with Crippen molar-refractivity contribution >= 4 is 23.6 Å². The van der Waals surface area contributed by atoms with Gasteiger partial charge in [-0.3, -0.25) is 14.8 Å². The van der Waals surface area contributed by atoms with Crippen LogP contribution >= 0.6 is 0 Å². The number of benzene rings is 4. The summed E-state index contributed by atoms with van der Waals surface area (Å²) in [4.78, 5) is 38.3. The zero-order valence-electron chi connectivity index (χ0n) is 35.5. The number of ether oxygens (including phenoxy) is 6. The van der Waals surface area contributed by atoms with Gasteiger partial charge in [-0.2, -0.15) is 0 Å². The fourth-order valence-corrected chi connectivity index (χ4v) is 6.15. The molecule has 5 rings (SSSR count).